The van der Waals surface area contributed by atoms with E-state index in [1.165, 1.54) is 0 Å². The van der Waals surface area contributed by atoms with E-state index in [0.717, 1.165) is 12.0 Å². The highest BCUT2D eigenvalue weighted by Gasteiger charge is 2.23. The second kappa shape index (κ2) is 5.00. The Morgan fingerprint density at radius 2 is 2.00 bits per heavy atom. The number of rotatable bonds is 4. The molecule has 0 aliphatic heterocycles. The molecule has 0 spiro atoms. The minimum Gasteiger partial charge on any atom is -0.482 e. The molecule has 0 aliphatic rings. The van der Waals surface area contributed by atoms with E-state index in [-0.39, 0.29) is 0 Å². The molecular formula is C15H15NO2. The van der Waals surface area contributed by atoms with Gasteiger partial charge in [-0.2, -0.15) is 0 Å². The van der Waals surface area contributed by atoms with Crippen LogP contribution in [0.2, 0.25) is 0 Å². The summed E-state index contributed by atoms with van der Waals surface area (Å²) >= 11 is 0. The van der Waals surface area contributed by atoms with E-state index in [1.807, 2.05) is 38.1 Å². The van der Waals surface area contributed by atoms with E-state index < -0.39 is 5.60 Å². The van der Waals surface area contributed by atoms with Crippen LogP contribution in [0.5, 0.6) is 5.75 Å². The van der Waals surface area contributed by atoms with E-state index in [4.69, 9.17) is 4.74 Å². The number of carbonyl (C=O) groups is 1. The number of ether oxygens (including phenoxy) is 1. The fourth-order valence-electron chi connectivity index (χ4n) is 1.72. The molecule has 1 aromatic carbocycles. The molecule has 0 aliphatic carbocycles. The lowest BCUT2D eigenvalue weighted by molar-refractivity contribution is 0.103. The highest BCUT2D eigenvalue weighted by molar-refractivity contribution is 5.75. The molecule has 0 saturated carbocycles. The van der Waals surface area contributed by atoms with E-state index >= 15 is 0 Å². The van der Waals surface area contributed by atoms with Gasteiger partial charge in [-0.25, -0.2) is 0 Å². The van der Waals surface area contributed by atoms with Crippen LogP contribution >= 0.6 is 0 Å². The molecule has 18 heavy (non-hydrogen) atoms. The van der Waals surface area contributed by atoms with E-state index in [9.17, 15) is 4.79 Å². The van der Waals surface area contributed by atoms with Gasteiger partial charge in [-0.1, -0.05) is 18.2 Å². The average molecular weight is 241 g/mol. The summed E-state index contributed by atoms with van der Waals surface area (Å²) in [5.41, 5.74) is 0.911. The van der Waals surface area contributed by atoms with Gasteiger partial charge < -0.3 is 4.74 Å². The zero-order valence-corrected chi connectivity index (χ0v) is 10.5. The van der Waals surface area contributed by atoms with Crippen LogP contribution in [0.4, 0.5) is 0 Å². The summed E-state index contributed by atoms with van der Waals surface area (Å²) in [6.07, 6.45) is 2.54. The maximum Gasteiger partial charge on any atom is 0.150 e. The lowest BCUT2D eigenvalue weighted by Crippen LogP contribution is -2.26. The molecule has 1 heterocycles. The van der Waals surface area contributed by atoms with Crippen molar-refractivity contribution in [3.8, 4) is 5.75 Å². The molecule has 92 valence electrons. The summed E-state index contributed by atoms with van der Waals surface area (Å²) in [5.74, 6) is 0.662. The first-order valence-corrected chi connectivity index (χ1v) is 5.77. The van der Waals surface area contributed by atoms with E-state index in [0.29, 0.717) is 11.3 Å². The third-order valence-corrected chi connectivity index (χ3v) is 2.65. The number of benzene rings is 1. The first kappa shape index (κ1) is 12.3. The first-order valence-electron chi connectivity index (χ1n) is 5.77. The van der Waals surface area contributed by atoms with Crippen LogP contribution in [-0.2, 0) is 5.60 Å². The number of nitrogens with zero attached hydrogens (tertiary/aromatic N) is 1. The average Bonchev–Trinajstić information content (AvgIpc) is 2.39. The van der Waals surface area contributed by atoms with Gasteiger partial charge in [0.1, 0.15) is 17.6 Å². The predicted octanol–water partition coefficient (Wildman–Crippen LogP) is 3.21. The van der Waals surface area contributed by atoms with Crippen molar-refractivity contribution >= 4 is 6.29 Å². The summed E-state index contributed by atoms with van der Waals surface area (Å²) in [6, 6.07) is 12.8. The number of hydrogen-bond donors (Lipinski definition) is 0. The number of carbonyl (C=O) groups excluding carboxylic acids is 1. The fourth-order valence-corrected chi connectivity index (χ4v) is 1.72. The second-order valence-electron chi connectivity index (χ2n) is 4.52. The van der Waals surface area contributed by atoms with Crippen molar-refractivity contribution in [3.05, 3.63) is 59.9 Å². The molecule has 0 amide bonds. The van der Waals surface area contributed by atoms with Crippen molar-refractivity contribution in [1.82, 2.24) is 4.98 Å². The van der Waals surface area contributed by atoms with Crippen LogP contribution in [0, 0.1) is 0 Å². The van der Waals surface area contributed by atoms with Gasteiger partial charge in [0.2, 0.25) is 0 Å². The van der Waals surface area contributed by atoms with Gasteiger partial charge in [0.05, 0.1) is 5.69 Å². The zero-order valence-electron chi connectivity index (χ0n) is 10.5. The molecule has 3 nitrogen and oxygen atoms in total. The van der Waals surface area contributed by atoms with Crippen LogP contribution in [0.15, 0.2) is 48.7 Å². The Bertz CT molecular complexity index is 535. The minimum absolute atomic E-state index is 0.539. The van der Waals surface area contributed by atoms with Crippen molar-refractivity contribution in [2.75, 3.05) is 0 Å². The predicted molar refractivity (Wildman–Crippen MR) is 69.7 cm³/mol. The molecule has 0 N–H and O–H groups in total. The van der Waals surface area contributed by atoms with Crippen LogP contribution in [0.25, 0.3) is 0 Å². The first-order chi connectivity index (χ1) is 8.62. The SMILES string of the molecule is CC(C)(Oc1cccc(C=O)c1)c1ccccn1. The summed E-state index contributed by atoms with van der Waals surface area (Å²) in [7, 11) is 0. The van der Waals surface area contributed by atoms with E-state index in [1.54, 1.807) is 24.4 Å². The highest BCUT2D eigenvalue weighted by atomic mass is 16.5. The highest BCUT2D eigenvalue weighted by Crippen LogP contribution is 2.26. The molecule has 1 aromatic heterocycles. The summed E-state index contributed by atoms with van der Waals surface area (Å²) in [6.45, 7) is 3.89. The number of hydrogen-bond acceptors (Lipinski definition) is 3. The molecule has 2 aromatic rings. The van der Waals surface area contributed by atoms with Crippen molar-refractivity contribution in [3.63, 3.8) is 0 Å². The molecular weight excluding hydrogens is 226 g/mol. The lowest BCUT2D eigenvalue weighted by Gasteiger charge is -2.25. The monoisotopic (exact) mass is 241 g/mol. The fraction of sp³-hybridized carbons (Fsp3) is 0.200. The minimum atomic E-state index is -0.539. The quantitative estimate of drug-likeness (QED) is 0.771. The molecule has 2 rings (SSSR count). The van der Waals surface area contributed by atoms with Gasteiger partial charge in [0.15, 0.2) is 0 Å². The topological polar surface area (TPSA) is 39.2 Å². The summed E-state index contributed by atoms with van der Waals surface area (Å²) in [5, 5.41) is 0. The molecule has 0 radical (unpaired) electrons. The molecule has 0 unspecified atom stereocenters. The largest absolute Gasteiger partial charge is 0.482 e. The smallest absolute Gasteiger partial charge is 0.150 e. The maximum atomic E-state index is 10.7. The third kappa shape index (κ3) is 2.74. The summed E-state index contributed by atoms with van der Waals surface area (Å²) < 4.78 is 5.91. The van der Waals surface area contributed by atoms with Gasteiger partial charge >= 0.3 is 0 Å². The lowest BCUT2D eigenvalue weighted by atomic mass is 10.0. The molecule has 0 fully saturated rings. The van der Waals surface area contributed by atoms with Crippen molar-refractivity contribution < 1.29 is 9.53 Å². The van der Waals surface area contributed by atoms with Gasteiger partial charge in [-0.05, 0) is 38.1 Å². The van der Waals surface area contributed by atoms with Gasteiger partial charge in [-0.15, -0.1) is 0 Å². The second-order valence-corrected chi connectivity index (χ2v) is 4.52. The molecule has 0 saturated heterocycles. The van der Waals surface area contributed by atoms with Crippen LogP contribution in [-0.4, -0.2) is 11.3 Å². The van der Waals surface area contributed by atoms with Gasteiger partial charge in [0.25, 0.3) is 0 Å². The Morgan fingerprint density at radius 3 is 2.67 bits per heavy atom. The Balaban J connectivity index is 2.24. The molecule has 0 atom stereocenters. The normalized spacial score (nSPS) is 11.0. The molecule has 3 heteroatoms. The Morgan fingerprint density at radius 1 is 1.17 bits per heavy atom. The Kier molecular flexibility index (Phi) is 3.42. The van der Waals surface area contributed by atoms with E-state index in [2.05, 4.69) is 4.98 Å². The van der Waals surface area contributed by atoms with Gasteiger partial charge in [-0.3, -0.25) is 9.78 Å². The number of aromatic nitrogens is 1. The number of pyridine rings is 1. The Hall–Kier alpha value is -2.16. The number of aldehydes is 1. The standard InChI is InChI=1S/C15H15NO2/c1-15(2,14-8-3-4-9-16-14)18-13-7-5-6-12(10-13)11-17/h3-11H,1-2H3. The zero-order chi connectivity index (χ0) is 13.0. The third-order valence-electron chi connectivity index (χ3n) is 2.65. The van der Waals surface area contributed by atoms with Crippen molar-refractivity contribution in [1.29, 1.82) is 0 Å². The summed E-state index contributed by atoms with van der Waals surface area (Å²) in [4.78, 5) is 15.0. The Labute approximate surface area is 106 Å². The van der Waals surface area contributed by atoms with Crippen molar-refractivity contribution in [2.24, 2.45) is 0 Å². The molecule has 0 bridgehead atoms. The van der Waals surface area contributed by atoms with Gasteiger partial charge in [0, 0.05) is 11.8 Å². The van der Waals surface area contributed by atoms with Crippen LogP contribution in [0.1, 0.15) is 29.9 Å². The van der Waals surface area contributed by atoms with Crippen LogP contribution < -0.4 is 4.74 Å². The van der Waals surface area contributed by atoms with Crippen LogP contribution in [0.3, 0.4) is 0 Å². The van der Waals surface area contributed by atoms with Crippen molar-refractivity contribution in [2.45, 2.75) is 19.4 Å². The maximum absolute atomic E-state index is 10.7.